The standard InChI is InChI=1S/C16H18N2O3/c17-13-4-5-16(18-8-14(21)10-20)15(7-13)12-3-1-2-11(6-12)9-19/h1-7,9,14,18,20-21H,8,10,17H2. The summed E-state index contributed by atoms with van der Waals surface area (Å²) in [7, 11) is 0. The summed E-state index contributed by atoms with van der Waals surface area (Å²) in [5.41, 5.74) is 9.49. The molecule has 0 saturated carbocycles. The zero-order valence-corrected chi connectivity index (χ0v) is 11.5. The molecule has 0 aliphatic heterocycles. The Hall–Kier alpha value is -2.37. The van der Waals surface area contributed by atoms with Crippen LogP contribution in [0.25, 0.3) is 11.1 Å². The molecule has 21 heavy (non-hydrogen) atoms. The highest BCUT2D eigenvalue weighted by Gasteiger charge is 2.08. The Kier molecular flexibility index (Phi) is 4.92. The number of carbonyl (C=O) groups is 1. The van der Waals surface area contributed by atoms with Gasteiger partial charge in [-0.2, -0.15) is 0 Å². The monoisotopic (exact) mass is 286 g/mol. The van der Waals surface area contributed by atoms with E-state index in [0.717, 1.165) is 23.1 Å². The van der Waals surface area contributed by atoms with Crippen molar-refractivity contribution >= 4 is 17.7 Å². The van der Waals surface area contributed by atoms with E-state index in [1.807, 2.05) is 12.1 Å². The number of carbonyl (C=O) groups excluding carboxylic acids is 1. The molecule has 0 radical (unpaired) electrons. The Labute approximate surface area is 123 Å². The van der Waals surface area contributed by atoms with Crippen molar-refractivity contribution in [3.8, 4) is 11.1 Å². The number of hydrogen-bond donors (Lipinski definition) is 4. The number of benzene rings is 2. The quantitative estimate of drug-likeness (QED) is 0.477. The second-order valence-corrected chi connectivity index (χ2v) is 4.77. The predicted octanol–water partition coefficient (Wildman–Crippen LogP) is 1.51. The van der Waals surface area contributed by atoms with Crippen LogP contribution in [0.4, 0.5) is 11.4 Å². The van der Waals surface area contributed by atoms with Crippen molar-refractivity contribution < 1.29 is 15.0 Å². The number of nitrogens with one attached hydrogen (secondary N) is 1. The van der Waals surface area contributed by atoms with Gasteiger partial charge in [-0.05, 0) is 29.8 Å². The van der Waals surface area contributed by atoms with Crippen LogP contribution in [0.5, 0.6) is 0 Å². The van der Waals surface area contributed by atoms with Gasteiger partial charge in [0, 0.05) is 29.0 Å². The highest BCUT2D eigenvalue weighted by Crippen LogP contribution is 2.30. The van der Waals surface area contributed by atoms with Gasteiger partial charge in [0.2, 0.25) is 0 Å². The summed E-state index contributed by atoms with van der Waals surface area (Å²) in [6, 6.07) is 12.5. The summed E-state index contributed by atoms with van der Waals surface area (Å²) in [4.78, 5) is 10.9. The highest BCUT2D eigenvalue weighted by molar-refractivity contribution is 5.84. The first-order chi connectivity index (χ1) is 10.1. The van der Waals surface area contributed by atoms with Crippen LogP contribution >= 0.6 is 0 Å². The highest BCUT2D eigenvalue weighted by atomic mass is 16.3. The van der Waals surface area contributed by atoms with E-state index in [2.05, 4.69) is 5.32 Å². The van der Waals surface area contributed by atoms with Crippen LogP contribution < -0.4 is 11.1 Å². The number of nitrogens with two attached hydrogens (primary N) is 1. The summed E-state index contributed by atoms with van der Waals surface area (Å²) in [6.07, 6.45) is -0.0463. The second kappa shape index (κ2) is 6.88. The van der Waals surface area contributed by atoms with E-state index < -0.39 is 6.10 Å². The van der Waals surface area contributed by atoms with E-state index in [9.17, 15) is 9.90 Å². The fourth-order valence-electron chi connectivity index (χ4n) is 2.03. The van der Waals surface area contributed by atoms with Gasteiger partial charge >= 0.3 is 0 Å². The lowest BCUT2D eigenvalue weighted by Gasteiger charge is -2.15. The lowest BCUT2D eigenvalue weighted by molar-refractivity contribution is 0.105. The Bertz CT molecular complexity index is 629. The van der Waals surface area contributed by atoms with Crippen LogP contribution in [0.2, 0.25) is 0 Å². The molecule has 5 N–H and O–H groups in total. The maximum atomic E-state index is 10.9. The molecule has 110 valence electrons. The van der Waals surface area contributed by atoms with Crippen LogP contribution in [0.15, 0.2) is 42.5 Å². The zero-order valence-electron chi connectivity index (χ0n) is 11.5. The molecule has 2 aromatic rings. The van der Waals surface area contributed by atoms with Crippen LogP contribution in [0.3, 0.4) is 0 Å². The molecular weight excluding hydrogens is 268 g/mol. The molecule has 2 rings (SSSR count). The number of aliphatic hydroxyl groups excluding tert-OH is 2. The maximum Gasteiger partial charge on any atom is 0.150 e. The van der Waals surface area contributed by atoms with E-state index >= 15 is 0 Å². The van der Waals surface area contributed by atoms with E-state index in [1.54, 1.807) is 30.3 Å². The maximum absolute atomic E-state index is 10.9. The van der Waals surface area contributed by atoms with Gasteiger partial charge in [-0.1, -0.05) is 18.2 Å². The van der Waals surface area contributed by atoms with Crippen molar-refractivity contribution in [2.45, 2.75) is 6.10 Å². The number of rotatable bonds is 6. The SMILES string of the molecule is Nc1ccc(NCC(O)CO)c(-c2cccc(C=O)c2)c1. The van der Waals surface area contributed by atoms with Crippen molar-refractivity contribution in [1.82, 2.24) is 0 Å². The first-order valence-corrected chi connectivity index (χ1v) is 6.62. The Morgan fingerprint density at radius 2 is 2.05 bits per heavy atom. The smallest absolute Gasteiger partial charge is 0.150 e. The molecule has 0 saturated heterocycles. The third-order valence-electron chi connectivity index (χ3n) is 3.12. The van der Waals surface area contributed by atoms with Gasteiger partial charge in [0.05, 0.1) is 12.7 Å². The topological polar surface area (TPSA) is 95.6 Å². The third-order valence-corrected chi connectivity index (χ3v) is 3.12. The molecule has 0 aliphatic rings. The number of anilines is 2. The molecule has 0 bridgehead atoms. The van der Waals surface area contributed by atoms with Gasteiger partial charge in [0.25, 0.3) is 0 Å². The first-order valence-electron chi connectivity index (χ1n) is 6.62. The molecule has 1 unspecified atom stereocenters. The predicted molar refractivity (Wildman–Crippen MR) is 83.3 cm³/mol. The van der Waals surface area contributed by atoms with Gasteiger partial charge in [0.1, 0.15) is 6.29 Å². The fraction of sp³-hybridized carbons (Fsp3) is 0.188. The molecule has 5 nitrogen and oxygen atoms in total. The average molecular weight is 286 g/mol. The fourth-order valence-corrected chi connectivity index (χ4v) is 2.03. The summed E-state index contributed by atoms with van der Waals surface area (Å²) in [6.45, 7) is -0.0846. The van der Waals surface area contributed by atoms with E-state index in [0.29, 0.717) is 11.3 Å². The van der Waals surface area contributed by atoms with Crippen LogP contribution in [-0.4, -0.2) is 35.8 Å². The van der Waals surface area contributed by atoms with Crippen molar-refractivity contribution in [3.63, 3.8) is 0 Å². The minimum absolute atomic E-state index is 0.223. The average Bonchev–Trinajstić information content (AvgIpc) is 2.53. The van der Waals surface area contributed by atoms with E-state index in [1.165, 1.54) is 0 Å². The van der Waals surface area contributed by atoms with Gasteiger partial charge in [0.15, 0.2) is 0 Å². The molecule has 0 aromatic heterocycles. The van der Waals surface area contributed by atoms with Crippen molar-refractivity contribution in [1.29, 1.82) is 0 Å². The summed E-state index contributed by atoms with van der Waals surface area (Å²) < 4.78 is 0. The zero-order chi connectivity index (χ0) is 15.2. The van der Waals surface area contributed by atoms with Crippen LogP contribution in [-0.2, 0) is 0 Å². The lowest BCUT2D eigenvalue weighted by atomic mass is 10.0. The summed E-state index contributed by atoms with van der Waals surface area (Å²) in [5, 5.41) is 21.4. The molecule has 0 amide bonds. The van der Waals surface area contributed by atoms with Crippen molar-refractivity contribution in [2.24, 2.45) is 0 Å². The molecule has 0 heterocycles. The Morgan fingerprint density at radius 3 is 2.76 bits per heavy atom. The Morgan fingerprint density at radius 1 is 1.24 bits per heavy atom. The van der Waals surface area contributed by atoms with Crippen LogP contribution in [0.1, 0.15) is 10.4 Å². The largest absolute Gasteiger partial charge is 0.399 e. The van der Waals surface area contributed by atoms with E-state index in [4.69, 9.17) is 10.8 Å². The molecule has 0 spiro atoms. The molecule has 0 aliphatic carbocycles. The minimum atomic E-state index is -0.836. The first kappa shape index (κ1) is 15.0. The normalized spacial score (nSPS) is 11.9. The third kappa shape index (κ3) is 3.81. The second-order valence-electron chi connectivity index (χ2n) is 4.77. The summed E-state index contributed by atoms with van der Waals surface area (Å²) >= 11 is 0. The van der Waals surface area contributed by atoms with E-state index in [-0.39, 0.29) is 13.2 Å². The number of aldehydes is 1. The Balaban J connectivity index is 2.36. The molecule has 5 heteroatoms. The number of aliphatic hydroxyl groups is 2. The summed E-state index contributed by atoms with van der Waals surface area (Å²) in [5.74, 6) is 0. The van der Waals surface area contributed by atoms with Gasteiger partial charge in [-0.25, -0.2) is 0 Å². The van der Waals surface area contributed by atoms with Gasteiger partial charge in [-0.15, -0.1) is 0 Å². The molecule has 2 aromatic carbocycles. The van der Waals surface area contributed by atoms with Gasteiger partial charge < -0.3 is 21.3 Å². The van der Waals surface area contributed by atoms with Crippen molar-refractivity contribution in [3.05, 3.63) is 48.0 Å². The van der Waals surface area contributed by atoms with Crippen LogP contribution in [0, 0.1) is 0 Å². The minimum Gasteiger partial charge on any atom is -0.399 e. The molecule has 0 fully saturated rings. The molecule has 1 atom stereocenters. The number of hydrogen-bond acceptors (Lipinski definition) is 5. The lowest BCUT2D eigenvalue weighted by Crippen LogP contribution is -2.23. The molecular formula is C16H18N2O3. The van der Waals surface area contributed by atoms with Gasteiger partial charge in [-0.3, -0.25) is 4.79 Å². The number of nitrogen functional groups attached to an aromatic ring is 1. The van der Waals surface area contributed by atoms with Crippen molar-refractivity contribution in [2.75, 3.05) is 24.2 Å².